The van der Waals surface area contributed by atoms with Crippen molar-refractivity contribution in [3.8, 4) is 0 Å². The molecule has 0 saturated heterocycles. The van der Waals surface area contributed by atoms with Crippen molar-refractivity contribution in [2.24, 2.45) is 0 Å². The SMILES string of the molecule is CCCc1sc(CC)nc1C. The zero-order chi connectivity index (χ0) is 8.27. The first-order valence-electron chi connectivity index (χ1n) is 4.23. The summed E-state index contributed by atoms with van der Waals surface area (Å²) < 4.78 is 0. The van der Waals surface area contributed by atoms with Crippen LogP contribution >= 0.6 is 11.3 Å². The predicted octanol–water partition coefficient (Wildman–Crippen LogP) is 2.97. The topological polar surface area (TPSA) is 12.9 Å². The maximum absolute atomic E-state index is 4.47. The Balaban J connectivity index is 2.79. The molecule has 1 aromatic heterocycles. The van der Waals surface area contributed by atoms with Gasteiger partial charge in [-0.1, -0.05) is 20.3 Å². The maximum Gasteiger partial charge on any atom is 0.0928 e. The fourth-order valence-corrected chi connectivity index (χ4v) is 2.21. The van der Waals surface area contributed by atoms with E-state index in [-0.39, 0.29) is 0 Å². The molecule has 62 valence electrons. The van der Waals surface area contributed by atoms with E-state index >= 15 is 0 Å². The number of nitrogens with zero attached hydrogens (tertiary/aromatic N) is 1. The molecule has 0 aromatic carbocycles. The van der Waals surface area contributed by atoms with Crippen molar-refractivity contribution in [1.29, 1.82) is 0 Å². The van der Waals surface area contributed by atoms with E-state index in [1.807, 2.05) is 11.3 Å². The molecule has 1 rings (SSSR count). The van der Waals surface area contributed by atoms with E-state index in [0.717, 1.165) is 6.42 Å². The normalized spacial score (nSPS) is 10.5. The van der Waals surface area contributed by atoms with Crippen LogP contribution in [0.3, 0.4) is 0 Å². The number of thiazole rings is 1. The van der Waals surface area contributed by atoms with Crippen molar-refractivity contribution in [3.63, 3.8) is 0 Å². The summed E-state index contributed by atoms with van der Waals surface area (Å²) in [6.45, 7) is 6.49. The minimum absolute atomic E-state index is 1.08. The highest BCUT2D eigenvalue weighted by molar-refractivity contribution is 7.11. The van der Waals surface area contributed by atoms with Gasteiger partial charge in [-0.15, -0.1) is 11.3 Å². The van der Waals surface area contributed by atoms with Crippen LogP contribution in [0, 0.1) is 6.92 Å². The molecule has 0 atom stereocenters. The molecule has 0 aliphatic rings. The summed E-state index contributed by atoms with van der Waals surface area (Å²) in [6, 6.07) is 0. The summed E-state index contributed by atoms with van der Waals surface area (Å²) in [4.78, 5) is 5.94. The molecule has 1 aromatic rings. The number of hydrogen-bond donors (Lipinski definition) is 0. The van der Waals surface area contributed by atoms with Crippen LogP contribution in [-0.2, 0) is 12.8 Å². The van der Waals surface area contributed by atoms with Crippen LogP contribution in [-0.4, -0.2) is 4.98 Å². The third-order valence-electron chi connectivity index (χ3n) is 1.72. The average Bonchev–Trinajstić information content (AvgIpc) is 2.33. The van der Waals surface area contributed by atoms with Gasteiger partial charge < -0.3 is 0 Å². The molecule has 0 N–H and O–H groups in total. The molecule has 0 amide bonds. The summed E-state index contributed by atoms with van der Waals surface area (Å²) in [5, 5.41) is 1.28. The first-order valence-corrected chi connectivity index (χ1v) is 5.04. The van der Waals surface area contributed by atoms with Crippen LogP contribution in [0.25, 0.3) is 0 Å². The first-order chi connectivity index (χ1) is 5.27. The van der Waals surface area contributed by atoms with Gasteiger partial charge in [-0.2, -0.15) is 0 Å². The van der Waals surface area contributed by atoms with Crippen LogP contribution in [0.4, 0.5) is 0 Å². The Bertz CT molecular complexity index is 227. The lowest BCUT2D eigenvalue weighted by atomic mass is 10.2. The standard InChI is InChI=1S/C9H15NS/c1-4-6-8-7(3)10-9(5-2)11-8/h4-6H2,1-3H3. The van der Waals surface area contributed by atoms with Crippen LogP contribution in [0.2, 0.25) is 0 Å². The summed E-state index contributed by atoms with van der Waals surface area (Å²) in [7, 11) is 0. The molecule has 0 spiro atoms. The molecule has 0 bridgehead atoms. The van der Waals surface area contributed by atoms with Crippen molar-refractivity contribution in [2.45, 2.75) is 40.0 Å². The Morgan fingerprint density at radius 1 is 1.36 bits per heavy atom. The number of rotatable bonds is 3. The third kappa shape index (κ3) is 2.03. The van der Waals surface area contributed by atoms with Gasteiger partial charge in [0.2, 0.25) is 0 Å². The number of aromatic nitrogens is 1. The molecular formula is C9H15NS. The average molecular weight is 169 g/mol. The van der Waals surface area contributed by atoms with Crippen LogP contribution in [0.1, 0.15) is 35.8 Å². The summed E-state index contributed by atoms with van der Waals surface area (Å²) in [5.74, 6) is 0. The Kier molecular flexibility index (Phi) is 3.06. The highest BCUT2D eigenvalue weighted by Gasteiger charge is 2.03. The molecule has 0 aliphatic carbocycles. The van der Waals surface area contributed by atoms with Gasteiger partial charge in [0.05, 0.1) is 10.7 Å². The minimum atomic E-state index is 1.08. The minimum Gasteiger partial charge on any atom is -0.246 e. The molecule has 1 heterocycles. The second kappa shape index (κ2) is 3.86. The van der Waals surface area contributed by atoms with E-state index in [9.17, 15) is 0 Å². The van der Waals surface area contributed by atoms with Crippen molar-refractivity contribution >= 4 is 11.3 Å². The summed E-state index contributed by atoms with van der Waals surface area (Å²) in [5.41, 5.74) is 1.24. The molecule has 0 radical (unpaired) electrons. The maximum atomic E-state index is 4.47. The Morgan fingerprint density at radius 2 is 2.09 bits per heavy atom. The zero-order valence-electron chi connectivity index (χ0n) is 7.48. The van der Waals surface area contributed by atoms with E-state index in [4.69, 9.17) is 0 Å². The van der Waals surface area contributed by atoms with Crippen molar-refractivity contribution < 1.29 is 0 Å². The van der Waals surface area contributed by atoms with Gasteiger partial charge in [0.1, 0.15) is 0 Å². The van der Waals surface area contributed by atoms with Gasteiger partial charge in [0.15, 0.2) is 0 Å². The Hall–Kier alpha value is -0.370. The van der Waals surface area contributed by atoms with Gasteiger partial charge in [0, 0.05) is 4.88 Å². The molecule has 11 heavy (non-hydrogen) atoms. The number of aryl methyl sites for hydroxylation is 3. The van der Waals surface area contributed by atoms with E-state index in [2.05, 4.69) is 25.8 Å². The largest absolute Gasteiger partial charge is 0.246 e. The van der Waals surface area contributed by atoms with E-state index < -0.39 is 0 Å². The van der Waals surface area contributed by atoms with Gasteiger partial charge in [-0.05, 0) is 19.8 Å². The smallest absolute Gasteiger partial charge is 0.0928 e. The summed E-state index contributed by atoms with van der Waals surface area (Å²) >= 11 is 1.87. The van der Waals surface area contributed by atoms with Crippen LogP contribution in [0.5, 0.6) is 0 Å². The van der Waals surface area contributed by atoms with Gasteiger partial charge in [-0.3, -0.25) is 0 Å². The molecule has 0 aliphatic heterocycles. The van der Waals surface area contributed by atoms with Crippen molar-refractivity contribution in [2.75, 3.05) is 0 Å². The quantitative estimate of drug-likeness (QED) is 0.678. The molecule has 2 heteroatoms. The van der Waals surface area contributed by atoms with E-state index in [1.54, 1.807) is 0 Å². The number of hydrogen-bond acceptors (Lipinski definition) is 2. The zero-order valence-corrected chi connectivity index (χ0v) is 8.29. The molecule has 0 unspecified atom stereocenters. The van der Waals surface area contributed by atoms with Gasteiger partial charge in [0.25, 0.3) is 0 Å². The van der Waals surface area contributed by atoms with Crippen molar-refractivity contribution in [3.05, 3.63) is 15.6 Å². The molecule has 0 fully saturated rings. The highest BCUT2D eigenvalue weighted by atomic mass is 32.1. The summed E-state index contributed by atoms with van der Waals surface area (Å²) in [6.07, 6.45) is 3.50. The van der Waals surface area contributed by atoms with Gasteiger partial charge >= 0.3 is 0 Å². The molecule has 1 nitrogen and oxygen atoms in total. The van der Waals surface area contributed by atoms with E-state index in [1.165, 1.54) is 28.4 Å². The monoisotopic (exact) mass is 169 g/mol. The first kappa shape index (κ1) is 8.72. The Morgan fingerprint density at radius 3 is 2.55 bits per heavy atom. The fraction of sp³-hybridized carbons (Fsp3) is 0.667. The second-order valence-electron chi connectivity index (χ2n) is 2.72. The highest BCUT2D eigenvalue weighted by Crippen LogP contribution is 2.19. The predicted molar refractivity (Wildman–Crippen MR) is 50.2 cm³/mol. The third-order valence-corrected chi connectivity index (χ3v) is 3.08. The van der Waals surface area contributed by atoms with E-state index in [0.29, 0.717) is 0 Å². The molecular weight excluding hydrogens is 154 g/mol. The van der Waals surface area contributed by atoms with Crippen LogP contribution < -0.4 is 0 Å². The lowest BCUT2D eigenvalue weighted by Crippen LogP contribution is -1.81. The lowest BCUT2D eigenvalue weighted by molar-refractivity contribution is 0.923. The lowest BCUT2D eigenvalue weighted by Gasteiger charge is -1.90. The second-order valence-corrected chi connectivity index (χ2v) is 3.89. The van der Waals surface area contributed by atoms with Gasteiger partial charge in [-0.25, -0.2) is 4.98 Å². The molecule has 0 saturated carbocycles. The Labute approximate surface area is 72.5 Å². The fourth-order valence-electron chi connectivity index (χ4n) is 1.10. The van der Waals surface area contributed by atoms with Crippen LogP contribution in [0.15, 0.2) is 0 Å². The van der Waals surface area contributed by atoms with Crippen molar-refractivity contribution in [1.82, 2.24) is 4.98 Å².